The van der Waals surface area contributed by atoms with Crippen LogP contribution in [0.1, 0.15) is 24.0 Å². The number of benzene rings is 1. The molecule has 1 aliphatic rings. The summed E-state index contributed by atoms with van der Waals surface area (Å²) in [6.07, 6.45) is 4.65. The summed E-state index contributed by atoms with van der Waals surface area (Å²) in [5.74, 6) is 0.355. The van der Waals surface area contributed by atoms with Crippen molar-refractivity contribution in [2.75, 3.05) is 26.2 Å². The van der Waals surface area contributed by atoms with Crippen LogP contribution in [-0.2, 0) is 6.42 Å². The van der Waals surface area contributed by atoms with Crippen molar-refractivity contribution in [1.82, 2.24) is 15.2 Å². The summed E-state index contributed by atoms with van der Waals surface area (Å²) < 4.78 is 0. The van der Waals surface area contributed by atoms with Gasteiger partial charge in [0, 0.05) is 43.3 Å². The standard InChI is InChI=1S/C18H25N3O2/c1-13-3-2-4-16-17(13)15(11-20-16)5-8-19-18(23)21-9-6-14(12-22)7-10-21/h2-4,11,14,20,22H,5-10,12H2,1H3,(H,19,23). The predicted octanol–water partition coefficient (Wildman–Crippen LogP) is 2.43. The maximum absolute atomic E-state index is 12.2. The summed E-state index contributed by atoms with van der Waals surface area (Å²) in [7, 11) is 0. The Bertz CT molecular complexity index is 672. The van der Waals surface area contributed by atoms with Crippen LogP contribution in [0.4, 0.5) is 4.79 Å². The van der Waals surface area contributed by atoms with E-state index < -0.39 is 0 Å². The molecule has 2 heterocycles. The number of amides is 2. The Morgan fingerprint density at radius 3 is 2.91 bits per heavy atom. The summed E-state index contributed by atoms with van der Waals surface area (Å²) in [6, 6.07) is 6.26. The average molecular weight is 315 g/mol. The number of nitrogens with one attached hydrogen (secondary N) is 2. The van der Waals surface area contributed by atoms with Crippen LogP contribution in [0.5, 0.6) is 0 Å². The van der Waals surface area contributed by atoms with Crippen molar-refractivity contribution in [3.63, 3.8) is 0 Å². The van der Waals surface area contributed by atoms with E-state index in [0.29, 0.717) is 12.5 Å². The third-order valence-electron chi connectivity index (χ3n) is 4.83. The maximum atomic E-state index is 12.2. The van der Waals surface area contributed by atoms with Crippen LogP contribution < -0.4 is 5.32 Å². The predicted molar refractivity (Wildman–Crippen MR) is 91.5 cm³/mol. The van der Waals surface area contributed by atoms with Crippen molar-refractivity contribution < 1.29 is 9.90 Å². The monoisotopic (exact) mass is 315 g/mol. The second-order valence-electron chi connectivity index (χ2n) is 6.41. The molecular formula is C18H25N3O2. The van der Waals surface area contributed by atoms with Crippen molar-refractivity contribution in [2.45, 2.75) is 26.2 Å². The molecule has 0 atom stereocenters. The first-order valence-corrected chi connectivity index (χ1v) is 8.38. The molecule has 1 saturated heterocycles. The van der Waals surface area contributed by atoms with Gasteiger partial charge in [0.1, 0.15) is 0 Å². The fourth-order valence-corrected chi connectivity index (χ4v) is 3.38. The number of piperidine rings is 1. The zero-order valence-electron chi connectivity index (χ0n) is 13.6. The van der Waals surface area contributed by atoms with Crippen LogP contribution in [-0.4, -0.2) is 47.3 Å². The molecule has 5 heteroatoms. The molecule has 1 aromatic carbocycles. The molecule has 23 heavy (non-hydrogen) atoms. The van der Waals surface area contributed by atoms with Crippen LogP contribution >= 0.6 is 0 Å². The van der Waals surface area contributed by atoms with Gasteiger partial charge >= 0.3 is 6.03 Å². The number of fused-ring (bicyclic) bond motifs is 1. The number of aromatic nitrogens is 1. The minimum atomic E-state index is 0.0120. The van der Waals surface area contributed by atoms with Crippen LogP contribution in [0.25, 0.3) is 10.9 Å². The Kier molecular flexibility index (Phi) is 4.86. The van der Waals surface area contributed by atoms with Gasteiger partial charge in [-0.25, -0.2) is 4.79 Å². The SMILES string of the molecule is Cc1cccc2[nH]cc(CCNC(=O)N3CCC(CO)CC3)c12. The first-order valence-electron chi connectivity index (χ1n) is 8.38. The van der Waals surface area contributed by atoms with E-state index in [1.165, 1.54) is 16.5 Å². The normalized spacial score (nSPS) is 16.0. The van der Waals surface area contributed by atoms with Gasteiger partial charge in [-0.2, -0.15) is 0 Å². The topological polar surface area (TPSA) is 68.4 Å². The lowest BCUT2D eigenvalue weighted by Gasteiger charge is -2.31. The molecule has 0 radical (unpaired) electrons. The second kappa shape index (κ2) is 7.04. The molecule has 1 aromatic heterocycles. The molecule has 3 N–H and O–H groups in total. The number of aliphatic hydroxyl groups excluding tert-OH is 1. The number of carbonyl (C=O) groups is 1. The van der Waals surface area contributed by atoms with Crippen LogP contribution in [0.15, 0.2) is 24.4 Å². The number of nitrogens with zero attached hydrogens (tertiary/aromatic N) is 1. The van der Waals surface area contributed by atoms with Crippen LogP contribution in [0.2, 0.25) is 0 Å². The number of aliphatic hydroxyl groups is 1. The maximum Gasteiger partial charge on any atom is 0.317 e. The molecule has 0 aliphatic carbocycles. The van der Waals surface area contributed by atoms with E-state index in [0.717, 1.165) is 37.9 Å². The summed E-state index contributed by atoms with van der Waals surface area (Å²) in [6.45, 7) is 4.46. The first kappa shape index (κ1) is 15.9. The number of urea groups is 1. The summed E-state index contributed by atoms with van der Waals surface area (Å²) in [5, 5.41) is 13.4. The number of aryl methyl sites for hydroxylation is 1. The lowest BCUT2D eigenvalue weighted by atomic mass is 9.98. The zero-order valence-corrected chi connectivity index (χ0v) is 13.6. The Morgan fingerprint density at radius 1 is 1.39 bits per heavy atom. The molecule has 0 spiro atoms. The van der Waals surface area contributed by atoms with Crippen LogP contribution in [0.3, 0.4) is 0 Å². The molecule has 0 unspecified atom stereocenters. The van der Waals surface area contributed by atoms with E-state index in [1.807, 2.05) is 11.1 Å². The minimum Gasteiger partial charge on any atom is -0.396 e. The highest BCUT2D eigenvalue weighted by Gasteiger charge is 2.21. The molecule has 2 aromatic rings. The first-order chi connectivity index (χ1) is 11.2. The van der Waals surface area contributed by atoms with E-state index in [4.69, 9.17) is 5.11 Å². The Balaban J connectivity index is 1.52. The average Bonchev–Trinajstić information content (AvgIpc) is 2.99. The highest BCUT2D eigenvalue weighted by atomic mass is 16.3. The van der Waals surface area contributed by atoms with Crippen molar-refractivity contribution in [3.05, 3.63) is 35.5 Å². The van der Waals surface area contributed by atoms with Gasteiger partial charge in [-0.05, 0) is 49.3 Å². The number of rotatable bonds is 4. The number of H-pyrrole nitrogens is 1. The second-order valence-corrected chi connectivity index (χ2v) is 6.41. The molecule has 0 bridgehead atoms. The molecule has 3 rings (SSSR count). The number of likely N-dealkylation sites (tertiary alicyclic amines) is 1. The van der Waals surface area contributed by atoms with Crippen molar-refractivity contribution in [1.29, 1.82) is 0 Å². The van der Waals surface area contributed by atoms with Gasteiger partial charge in [-0.15, -0.1) is 0 Å². The smallest absolute Gasteiger partial charge is 0.317 e. The summed E-state index contributed by atoms with van der Waals surface area (Å²) in [5.41, 5.74) is 3.66. The highest BCUT2D eigenvalue weighted by Crippen LogP contribution is 2.22. The molecule has 5 nitrogen and oxygen atoms in total. The van der Waals surface area contributed by atoms with E-state index >= 15 is 0 Å². The van der Waals surface area contributed by atoms with Crippen molar-refractivity contribution >= 4 is 16.9 Å². The van der Waals surface area contributed by atoms with E-state index in [9.17, 15) is 4.79 Å². The van der Waals surface area contributed by atoms with Gasteiger partial charge in [-0.1, -0.05) is 12.1 Å². The Hall–Kier alpha value is -2.01. The van der Waals surface area contributed by atoms with Gasteiger partial charge in [0.05, 0.1) is 0 Å². The Labute approximate surface area is 136 Å². The third-order valence-corrected chi connectivity index (χ3v) is 4.83. The van der Waals surface area contributed by atoms with Crippen molar-refractivity contribution in [3.8, 4) is 0 Å². The zero-order chi connectivity index (χ0) is 16.2. The lowest BCUT2D eigenvalue weighted by molar-refractivity contribution is 0.137. The van der Waals surface area contributed by atoms with Gasteiger partial charge in [-0.3, -0.25) is 0 Å². The molecular weight excluding hydrogens is 290 g/mol. The largest absolute Gasteiger partial charge is 0.396 e. The number of carbonyl (C=O) groups excluding carboxylic acids is 1. The lowest BCUT2D eigenvalue weighted by Crippen LogP contribution is -2.45. The van der Waals surface area contributed by atoms with Crippen LogP contribution in [0, 0.1) is 12.8 Å². The number of hydrogen-bond donors (Lipinski definition) is 3. The summed E-state index contributed by atoms with van der Waals surface area (Å²) >= 11 is 0. The Morgan fingerprint density at radius 2 is 2.17 bits per heavy atom. The molecule has 1 aliphatic heterocycles. The van der Waals surface area contributed by atoms with Gasteiger partial charge < -0.3 is 20.3 Å². The fraction of sp³-hybridized carbons (Fsp3) is 0.500. The van der Waals surface area contributed by atoms with Crippen molar-refractivity contribution in [2.24, 2.45) is 5.92 Å². The van der Waals surface area contributed by atoms with E-state index in [1.54, 1.807) is 0 Å². The minimum absolute atomic E-state index is 0.0120. The molecule has 2 amide bonds. The number of aromatic amines is 1. The number of hydrogen-bond acceptors (Lipinski definition) is 2. The fourth-order valence-electron chi connectivity index (χ4n) is 3.38. The van der Waals surface area contributed by atoms with Gasteiger partial charge in [0.25, 0.3) is 0 Å². The molecule has 124 valence electrons. The molecule has 0 saturated carbocycles. The van der Waals surface area contributed by atoms with E-state index in [2.05, 4.69) is 35.4 Å². The van der Waals surface area contributed by atoms with E-state index in [-0.39, 0.29) is 12.6 Å². The highest BCUT2D eigenvalue weighted by molar-refractivity contribution is 5.86. The quantitative estimate of drug-likeness (QED) is 0.811. The summed E-state index contributed by atoms with van der Waals surface area (Å²) in [4.78, 5) is 17.3. The van der Waals surface area contributed by atoms with Gasteiger partial charge in [0.2, 0.25) is 0 Å². The third kappa shape index (κ3) is 3.50. The molecule has 1 fully saturated rings. The van der Waals surface area contributed by atoms with Gasteiger partial charge in [0.15, 0.2) is 0 Å².